The van der Waals surface area contributed by atoms with Gasteiger partial charge in [0.1, 0.15) is 0 Å². The summed E-state index contributed by atoms with van der Waals surface area (Å²) < 4.78 is 0. The van der Waals surface area contributed by atoms with Crippen molar-refractivity contribution < 1.29 is 39.6 Å². The Hall–Kier alpha value is -2.12. The van der Waals surface area contributed by atoms with Gasteiger partial charge in [-0.3, -0.25) is 19.2 Å². The molecule has 0 saturated heterocycles. The molecule has 0 spiro atoms. The van der Waals surface area contributed by atoms with Gasteiger partial charge in [-0.2, -0.15) is 0 Å². The SMILES string of the molecule is CCCCCCCCCC(CCCCC(C(=O)O)C(=O)O)(C(=O)O)C(=O)O. The molecule has 0 unspecified atom stereocenters. The van der Waals surface area contributed by atoms with Crippen molar-refractivity contribution in [3.05, 3.63) is 0 Å². The lowest BCUT2D eigenvalue weighted by molar-refractivity contribution is -0.166. The van der Waals surface area contributed by atoms with E-state index in [1.54, 1.807) is 0 Å². The number of hydrogen-bond acceptors (Lipinski definition) is 4. The Morgan fingerprint density at radius 2 is 1.07 bits per heavy atom. The van der Waals surface area contributed by atoms with Crippen LogP contribution in [0.5, 0.6) is 0 Å². The lowest BCUT2D eigenvalue weighted by Gasteiger charge is -2.25. The predicted molar refractivity (Wildman–Crippen MR) is 97.5 cm³/mol. The Bertz CT molecular complexity index is 472. The average Bonchev–Trinajstić information content (AvgIpc) is 2.57. The molecule has 156 valence electrons. The number of carboxylic acid groups (broad SMARTS) is 4. The molecule has 0 rings (SSSR count). The normalized spacial score (nSPS) is 11.5. The van der Waals surface area contributed by atoms with E-state index in [1.807, 2.05) is 0 Å². The fraction of sp³-hybridized carbons (Fsp3) is 0.789. The highest BCUT2D eigenvalue weighted by Crippen LogP contribution is 2.33. The summed E-state index contributed by atoms with van der Waals surface area (Å²) in [6.45, 7) is 2.11. The van der Waals surface area contributed by atoms with E-state index in [0.717, 1.165) is 38.5 Å². The molecule has 0 fully saturated rings. The summed E-state index contributed by atoms with van der Waals surface area (Å²) in [5, 5.41) is 36.6. The van der Waals surface area contributed by atoms with Crippen molar-refractivity contribution in [2.45, 2.75) is 84.0 Å². The van der Waals surface area contributed by atoms with Crippen LogP contribution < -0.4 is 0 Å². The van der Waals surface area contributed by atoms with Crippen molar-refractivity contribution in [3.63, 3.8) is 0 Å². The molecule has 0 aromatic rings. The van der Waals surface area contributed by atoms with Gasteiger partial charge >= 0.3 is 23.9 Å². The summed E-state index contributed by atoms with van der Waals surface area (Å²) in [4.78, 5) is 45.0. The van der Waals surface area contributed by atoms with Crippen LogP contribution in [-0.4, -0.2) is 44.3 Å². The van der Waals surface area contributed by atoms with Crippen LogP contribution in [0.25, 0.3) is 0 Å². The molecule has 0 aromatic carbocycles. The molecular weight excluding hydrogens is 356 g/mol. The minimum atomic E-state index is -1.90. The lowest BCUT2D eigenvalue weighted by Crippen LogP contribution is -2.39. The Kier molecular flexibility index (Phi) is 12.1. The molecule has 8 heteroatoms. The van der Waals surface area contributed by atoms with Gasteiger partial charge in [-0.1, -0.05) is 64.7 Å². The molecule has 27 heavy (non-hydrogen) atoms. The third-order valence-corrected chi connectivity index (χ3v) is 4.97. The predicted octanol–water partition coefficient (Wildman–Crippen LogP) is 3.63. The van der Waals surface area contributed by atoms with Crippen LogP contribution in [0.1, 0.15) is 84.0 Å². The second kappa shape index (κ2) is 13.1. The zero-order valence-electron chi connectivity index (χ0n) is 16.0. The topological polar surface area (TPSA) is 149 Å². The number of hydrogen-bond donors (Lipinski definition) is 4. The summed E-state index contributed by atoms with van der Waals surface area (Å²) in [6.07, 6.45) is 6.67. The first-order valence-corrected chi connectivity index (χ1v) is 9.61. The van der Waals surface area contributed by atoms with Crippen molar-refractivity contribution in [1.82, 2.24) is 0 Å². The highest BCUT2D eigenvalue weighted by molar-refractivity contribution is 5.98. The molecule has 0 aliphatic rings. The van der Waals surface area contributed by atoms with Crippen LogP contribution in [0.2, 0.25) is 0 Å². The first-order chi connectivity index (χ1) is 12.7. The van der Waals surface area contributed by atoms with E-state index >= 15 is 0 Å². The number of unbranched alkanes of at least 4 members (excludes halogenated alkanes) is 7. The first-order valence-electron chi connectivity index (χ1n) is 9.61. The quantitative estimate of drug-likeness (QED) is 0.218. The van der Waals surface area contributed by atoms with Gasteiger partial charge in [0.25, 0.3) is 0 Å². The van der Waals surface area contributed by atoms with Crippen LogP contribution in [0.3, 0.4) is 0 Å². The minimum absolute atomic E-state index is 0.0206. The van der Waals surface area contributed by atoms with Crippen molar-refractivity contribution in [1.29, 1.82) is 0 Å². The molecular formula is C19H32O8. The summed E-state index contributed by atoms with van der Waals surface area (Å²) in [5.74, 6) is -7.25. The van der Waals surface area contributed by atoms with Gasteiger partial charge in [0.05, 0.1) is 0 Å². The van der Waals surface area contributed by atoms with Gasteiger partial charge in [-0.15, -0.1) is 0 Å². The van der Waals surface area contributed by atoms with E-state index in [2.05, 4.69) is 6.92 Å². The lowest BCUT2D eigenvalue weighted by atomic mass is 9.77. The third-order valence-electron chi connectivity index (χ3n) is 4.97. The number of aliphatic carboxylic acids is 4. The maximum atomic E-state index is 11.6. The third kappa shape index (κ3) is 8.88. The number of carboxylic acids is 4. The van der Waals surface area contributed by atoms with Crippen LogP contribution in [0.4, 0.5) is 0 Å². The van der Waals surface area contributed by atoms with Gasteiger partial charge in [-0.05, 0) is 19.3 Å². The monoisotopic (exact) mass is 388 g/mol. The zero-order chi connectivity index (χ0) is 20.9. The van der Waals surface area contributed by atoms with Gasteiger partial charge in [-0.25, -0.2) is 0 Å². The fourth-order valence-corrected chi connectivity index (χ4v) is 3.16. The molecule has 0 atom stereocenters. The van der Waals surface area contributed by atoms with E-state index in [0.29, 0.717) is 6.42 Å². The van der Waals surface area contributed by atoms with Crippen LogP contribution in [0, 0.1) is 11.3 Å². The smallest absolute Gasteiger partial charge is 0.321 e. The number of carbonyl (C=O) groups is 4. The van der Waals surface area contributed by atoms with Gasteiger partial charge in [0.2, 0.25) is 0 Å². The molecule has 0 radical (unpaired) electrons. The maximum absolute atomic E-state index is 11.6. The van der Waals surface area contributed by atoms with Gasteiger partial charge in [0, 0.05) is 0 Å². The minimum Gasteiger partial charge on any atom is -0.481 e. The molecule has 0 aliphatic heterocycles. The van der Waals surface area contributed by atoms with Crippen LogP contribution in [0.15, 0.2) is 0 Å². The highest BCUT2D eigenvalue weighted by atomic mass is 16.4. The summed E-state index contributed by atoms with van der Waals surface area (Å²) in [5.41, 5.74) is -1.90. The Morgan fingerprint density at radius 3 is 1.48 bits per heavy atom. The van der Waals surface area contributed by atoms with E-state index < -0.39 is 35.2 Å². The van der Waals surface area contributed by atoms with Gasteiger partial charge in [0.15, 0.2) is 11.3 Å². The van der Waals surface area contributed by atoms with E-state index in [-0.39, 0.29) is 32.1 Å². The largest absolute Gasteiger partial charge is 0.481 e. The second-order valence-electron chi connectivity index (χ2n) is 7.04. The molecule has 0 saturated carbocycles. The average molecular weight is 388 g/mol. The second-order valence-corrected chi connectivity index (χ2v) is 7.04. The van der Waals surface area contributed by atoms with E-state index in [1.165, 1.54) is 0 Å². The number of rotatable bonds is 17. The van der Waals surface area contributed by atoms with Gasteiger partial charge < -0.3 is 20.4 Å². The van der Waals surface area contributed by atoms with Crippen molar-refractivity contribution in [2.75, 3.05) is 0 Å². The van der Waals surface area contributed by atoms with E-state index in [4.69, 9.17) is 10.2 Å². The molecule has 0 bridgehead atoms. The molecule has 0 amide bonds. The molecule has 0 aromatic heterocycles. The van der Waals surface area contributed by atoms with Crippen molar-refractivity contribution >= 4 is 23.9 Å². The summed E-state index contributed by atoms with van der Waals surface area (Å²) >= 11 is 0. The van der Waals surface area contributed by atoms with Crippen LogP contribution >= 0.6 is 0 Å². The Balaban J connectivity index is 4.58. The fourth-order valence-electron chi connectivity index (χ4n) is 3.16. The maximum Gasteiger partial charge on any atom is 0.321 e. The molecule has 0 aliphatic carbocycles. The molecule has 4 N–H and O–H groups in total. The van der Waals surface area contributed by atoms with Crippen LogP contribution in [-0.2, 0) is 19.2 Å². The van der Waals surface area contributed by atoms with Crippen molar-refractivity contribution in [2.24, 2.45) is 11.3 Å². The summed E-state index contributed by atoms with van der Waals surface area (Å²) in [6, 6.07) is 0. The Labute approximate surface area is 159 Å². The summed E-state index contributed by atoms with van der Waals surface area (Å²) in [7, 11) is 0. The standard InChI is InChI=1S/C19H32O8/c1-2-3-4-5-6-7-9-12-19(17(24)25,18(26)27)13-10-8-11-14(15(20)21)16(22)23/h14H,2-13H2,1H3,(H,20,21)(H,22,23)(H,24,25)(H,26,27). The van der Waals surface area contributed by atoms with E-state index in [9.17, 15) is 29.4 Å². The molecule has 8 nitrogen and oxygen atoms in total. The Morgan fingerprint density at radius 1 is 0.667 bits per heavy atom. The highest BCUT2D eigenvalue weighted by Gasteiger charge is 2.45. The zero-order valence-corrected chi connectivity index (χ0v) is 16.0. The molecule has 0 heterocycles. The van der Waals surface area contributed by atoms with Crippen molar-refractivity contribution in [3.8, 4) is 0 Å². The first kappa shape index (κ1) is 24.9.